The lowest BCUT2D eigenvalue weighted by molar-refractivity contribution is -0.131. The Morgan fingerprint density at radius 3 is 2.88 bits per heavy atom. The van der Waals surface area contributed by atoms with E-state index in [0.29, 0.717) is 5.78 Å². The molecule has 1 aliphatic carbocycles. The average molecular weight is 234 g/mol. The van der Waals surface area contributed by atoms with Gasteiger partial charge in [-0.05, 0) is 25.0 Å². The molecule has 3 rings (SSSR count). The van der Waals surface area contributed by atoms with Crippen LogP contribution in [0, 0.1) is 5.92 Å². The van der Waals surface area contributed by atoms with Gasteiger partial charge < -0.3 is 4.74 Å². The zero-order valence-corrected chi connectivity index (χ0v) is 9.83. The Hall–Kier alpha value is -0.960. The number of hydrogen-bond acceptors (Lipinski definition) is 3. The normalized spacial score (nSPS) is 24.1. The summed E-state index contributed by atoms with van der Waals surface area (Å²) in [4.78, 5) is 13.2. The number of ether oxygens (including phenoxy) is 1. The Balaban J connectivity index is 1.74. The molecule has 0 spiro atoms. The van der Waals surface area contributed by atoms with Crippen molar-refractivity contribution < 1.29 is 9.53 Å². The summed E-state index contributed by atoms with van der Waals surface area (Å²) in [5, 5.41) is 0. The number of benzene rings is 1. The van der Waals surface area contributed by atoms with Crippen LogP contribution in [-0.4, -0.2) is 17.6 Å². The second kappa shape index (κ2) is 4.13. The molecular formula is C13H14O2S. The van der Waals surface area contributed by atoms with E-state index in [4.69, 9.17) is 4.74 Å². The van der Waals surface area contributed by atoms with Gasteiger partial charge in [-0.2, -0.15) is 0 Å². The maximum atomic E-state index is 12.1. The highest BCUT2D eigenvalue weighted by molar-refractivity contribution is 7.99. The Labute approximate surface area is 99.4 Å². The average Bonchev–Trinajstić information content (AvgIpc) is 2.26. The topological polar surface area (TPSA) is 26.3 Å². The van der Waals surface area contributed by atoms with Gasteiger partial charge in [-0.25, -0.2) is 0 Å². The van der Waals surface area contributed by atoms with Gasteiger partial charge in [0.2, 0.25) is 0 Å². The summed E-state index contributed by atoms with van der Waals surface area (Å²) in [6.45, 7) is 0. The van der Waals surface area contributed by atoms with E-state index in [1.807, 2.05) is 24.3 Å². The van der Waals surface area contributed by atoms with Gasteiger partial charge in [-0.15, -0.1) is 11.8 Å². The van der Waals surface area contributed by atoms with Crippen molar-refractivity contribution in [3.8, 4) is 5.75 Å². The van der Waals surface area contributed by atoms with E-state index in [2.05, 4.69) is 0 Å². The Morgan fingerprint density at radius 2 is 2.12 bits per heavy atom. The van der Waals surface area contributed by atoms with E-state index in [1.54, 1.807) is 11.8 Å². The molecule has 16 heavy (non-hydrogen) atoms. The number of carbonyl (C=O) groups is 1. The zero-order chi connectivity index (χ0) is 11.0. The molecule has 2 aliphatic rings. The smallest absolute Gasteiger partial charge is 0.177 e. The second-order valence-corrected chi connectivity index (χ2v) is 5.46. The van der Waals surface area contributed by atoms with E-state index in [0.717, 1.165) is 29.2 Å². The molecule has 1 aromatic carbocycles. The predicted octanol–water partition coefficient (Wildman–Crippen LogP) is 2.91. The molecule has 84 valence electrons. The number of rotatable bonds is 2. The largest absolute Gasteiger partial charge is 0.481 e. The van der Waals surface area contributed by atoms with Gasteiger partial charge in [0.15, 0.2) is 11.9 Å². The molecule has 0 radical (unpaired) electrons. The van der Waals surface area contributed by atoms with Gasteiger partial charge in [0, 0.05) is 16.6 Å². The predicted molar refractivity (Wildman–Crippen MR) is 63.9 cm³/mol. The SMILES string of the molecule is O=C(C1CCC1)C1CSc2ccccc2O1. The van der Waals surface area contributed by atoms with Gasteiger partial charge in [0.05, 0.1) is 0 Å². The van der Waals surface area contributed by atoms with Crippen LogP contribution in [0.2, 0.25) is 0 Å². The maximum absolute atomic E-state index is 12.1. The molecule has 1 saturated carbocycles. The third-order valence-corrected chi connectivity index (χ3v) is 4.45. The van der Waals surface area contributed by atoms with Crippen LogP contribution < -0.4 is 4.74 Å². The fraction of sp³-hybridized carbons (Fsp3) is 0.462. The lowest BCUT2D eigenvalue weighted by Crippen LogP contribution is -2.39. The molecule has 1 fully saturated rings. The third-order valence-electron chi connectivity index (χ3n) is 3.33. The van der Waals surface area contributed by atoms with Crippen molar-refractivity contribution in [2.75, 3.05) is 5.75 Å². The minimum atomic E-state index is -0.217. The molecule has 1 aliphatic heterocycles. The first-order valence-electron chi connectivity index (χ1n) is 5.77. The van der Waals surface area contributed by atoms with Crippen LogP contribution in [0.25, 0.3) is 0 Å². The summed E-state index contributed by atoms with van der Waals surface area (Å²) in [6, 6.07) is 7.95. The molecule has 0 amide bonds. The maximum Gasteiger partial charge on any atom is 0.177 e. The Morgan fingerprint density at radius 1 is 1.31 bits per heavy atom. The fourth-order valence-electron chi connectivity index (χ4n) is 2.12. The van der Waals surface area contributed by atoms with Crippen LogP contribution in [0.3, 0.4) is 0 Å². The molecule has 0 bridgehead atoms. The number of ketones is 1. The quantitative estimate of drug-likeness (QED) is 0.787. The molecule has 1 aromatic rings. The van der Waals surface area contributed by atoms with E-state index < -0.39 is 0 Å². The highest BCUT2D eigenvalue weighted by Crippen LogP contribution is 2.37. The van der Waals surface area contributed by atoms with Crippen LogP contribution in [0.4, 0.5) is 0 Å². The number of para-hydroxylation sites is 1. The molecule has 0 N–H and O–H groups in total. The van der Waals surface area contributed by atoms with Crippen molar-refractivity contribution in [3.63, 3.8) is 0 Å². The Kier molecular flexibility index (Phi) is 2.64. The molecule has 2 nitrogen and oxygen atoms in total. The van der Waals surface area contributed by atoms with E-state index >= 15 is 0 Å². The molecule has 0 saturated heterocycles. The number of carbonyl (C=O) groups excluding carboxylic acids is 1. The highest BCUT2D eigenvalue weighted by Gasteiger charge is 2.34. The zero-order valence-electron chi connectivity index (χ0n) is 9.02. The first-order valence-corrected chi connectivity index (χ1v) is 6.75. The van der Waals surface area contributed by atoms with Gasteiger partial charge in [-0.1, -0.05) is 18.6 Å². The van der Waals surface area contributed by atoms with Gasteiger partial charge in [0.25, 0.3) is 0 Å². The standard InChI is InChI=1S/C13H14O2S/c14-13(9-4-3-5-9)11-8-16-12-7-2-1-6-10(12)15-11/h1-2,6-7,9,11H,3-5,8H2. The molecule has 1 unspecified atom stereocenters. The van der Waals surface area contributed by atoms with Crippen molar-refractivity contribution in [2.24, 2.45) is 5.92 Å². The van der Waals surface area contributed by atoms with E-state index in [9.17, 15) is 4.79 Å². The summed E-state index contributed by atoms with van der Waals surface area (Å²) in [7, 11) is 0. The minimum Gasteiger partial charge on any atom is -0.481 e. The van der Waals surface area contributed by atoms with Crippen LogP contribution >= 0.6 is 11.8 Å². The molecule has 1 atom stereocenters. The lowest BCUT2D eigenvalue weighted by Gasteiger charge is -2.31. The number of Topliss-reactive ketones (excluding diaryl/α,β-unsaturated/α-hetero) is 1. The summed E-state index contributed by atoms with van der Waals surface area (Å²) >= 11 is 1.73. The number of thioether (sulfide) groups is 1. The second-order valence-electron chi connectivity index (χ2n) is 4.39. The Bertz CT molecular complexity index is 412. The first kappa shape index (κ1) is 10.2. The van der Waals surface area contributed by atoms with Crippen molar-refractivity contribution in [2.45, 2.75) is 30.3 Å². The van der Waals surface area contributed by atoms with E-state index in [-0.39, 0.29) is 12.0 Å². The van der Waals surface area contributed by atoms with Gasteiger partial charge in [0.1, 0.15) is 5.75 Å². The van der Waals surface area contributed by atoms with Crippen molar-refractivity contribution in [3.05, 3.63) is 24.3 Å². The van der Waals surface area contributed by atoms with E-state index in [1.165, 1.54) is 6.42 Å². The summed E-state index contributed by atoms with van der Waals surface area (Å²) < 4.78 is 5.78. The molecular weight excluding hydrogens is 220 g/mol. The van der Waals surface area contributed by atoms with Crippen LogP contribution in [0.5, 0.6) is 5.75 Å². The van der Waals surface area contributed by atoms with Gasteiger partial charge in [-0.3, -0.25) is 4.79 Å². The summed E-state index contributed by atoms with van der Waals surface area (Å²) in [6.07, 6.45) is 3.10. The highest BCUT2D eigenvalue weighted by atomic mass is 32.2. The fourth-order valence-corrected chi connectivity index (χ4v) is 3.11. The van der Waals surface area contributed by atoms with Crippen molar-refractivity contribution in [1.82, 2.24) is 0 Å². The summed E-state index contributed by atoms with van der Waals surface area (Å²) in [5.41, 5.74) is 0. The van der Waals surface area contributed by atoms with Crippen molar-refractivity contribution in [1.29, 1.82) is 0 Å². The molecule has 1 heterocycles. The lowest BCUT2D eigenvalue weighted by atomic mass is 9.80. The number of fused-ring (bicyclic) bond motifs is 1. The monoisotopic (exact) mass is 234 g/mol. The minimum absolute atomic E-state index is 0.217. The first-order chi connectivity index (χ1) is 7.84. The molecule has 0 aromatic heterocycles. The third kappa shape index (κ3) is 1.73. The van der Waals surface area contributed by atoms with Crippen LogP contribution in [-0.2, 0) is 4.79 Å². The van der Waals surface area contributed by atoms with Crippen LogP contribution in [0.1, 0.15) is 19.3 Å². The van der Waals surface area contributed by atoms with Crippen molar-refractivity contribution >= 4 is 17.5 Å². The van der Waals surface area contributed by atoms with Crippen LogP contribution in [0.15, 0.2) is 29.2 Å². The molecule has 3 heteroatoms. The van der Waals surface area contributed by atoms with Gasteiger partial charge >= 0.3 is 0 Å². The number of hydrogen-bond donors (Lipinski definition) is 0. The summed E-state index contributed by atoms with van der Waals surface area (Å²) in [5.74, 6) is 2.23.